The average Bonchev–Trinajstić information content (AvgIpc) is 2.30. The molecular formula is C15H23ClFNO. The van der Waals surface area contributed by atoms with Crippen molar-refractivity contribution in [2.24, 2.45) is 5.41 Å². The number of hydrogen-bond donors (Lipinski definition) is 2. The lowest BCUT2D eigenvalue weighted by Gasteiger charge is -2.34. The minimum absolute atomic E-state index is 0.00235. The number of nitrogens with one attached hydrogen (secondary N) is 1. The maximum Gasteiger partial charge on any atom is 0.142 e. The zero-order valence-electron chi connectivity index (χ0n) is 12.0. The Morgan fingerprint density at radius 2 is 2.00 bits per heavy atom. The van der Waals surface area contributed by atoms with Crippen molar-refractivity contribution in [3.05, 3.63) is 34.6 Å². The fourth-order valence-electron chi connectivity index (χ4n) is 2.08. The molecule has 2 N–H and O–H groups in total. The van der Waals surface area contributed by atoms with Gasteiger partial charge in [0, 0.05) is 18.7 Å². The van der Waals surface area contributed by atoms with Gasteiger partial charge < -0.3 is 10.4 Å². The van der Waals surface area contributed by atoms with Crippen LogP contribution in [0.1, 0.15) is 45.7 Å². The molecule has 0 fully saturated rings. The van der Waals surface area contributed by atoms with Gasteiger partial charge in [-0.05, 0) is 36.5 Å². The summed E-state index contributed by atoms with van der Waals surface area (Å²) >= 11 is 5.68. The molecular weight excluding hydrogens is 265 g/mol. The molecule has 1 aromatic carbocycles. The van der Waals surface area contributed by atoms with E-state index in [0.717, 1.165) is 5.56 Å². The topological polar surface area (TPSA) is 32.3 Å². The number of aliphatic hydroxyl groups is 1. The van der Waals surface area contributed by atoms with E-state index in [2.05, 4.69) is 26.1 Å². The average molecular weight is 288 g/mol. The fraction of sp³-hybridized carbons (Fsp3) is 0.600. The molecule has 0 radical (unpaired) electrons. The van der Waals surface area contributed by atoms with Gasteiger partial charge >= 0.3 is 0 Å². The summed E-state index contributed by atoms with van der Waals surface area (Å²) in [5.74, 6) is -0.401. The Bertz CT molecular complexity index is 417. The lowest BCUT2D eigenvalue weighted by atomic mass is 9.84. The first kappa shape index (κ1) is 16.4. The SMILES string of the molecule is CC(NC(CCO)C(C)(C)C)c1ccc(Cl)c(F)c1. The number of aliphatic hydroxyl groups excluding tert-OH is 1. The molecule has 0 aliphatic heterocycles. The van der Waals surface area contributed by atoms with Crippen LogP contribution in [0.3, 0.4) is 0 Å². The third kappa shape index (κ3) is 4.75. The highest BCUT2D eigenvalue weighted by molar-refractivity contribution is 6.30. The molecule has 0 amide bonds. The van der Waals surface area contributed by atoms with Gasteiger partial charge in [0.25, 0.3) is 0 Å². The Balaban J connectivity index is 2.81. The summed E-state index contributed by atoms with van der Waals surface area (Å²) in [5.41, 5.74) is 0.885. The van der Waals surface area contributed by atoms with Crippen molar-refractivity contribution in [1.82, 2.24) is 5.32 Å². The smallest absolute Gasteiger partial charge is 0.142 e. The van der Waals surface area contributed by atoms with Gasteiger partial charge in [-0.25, -0.2) is 4.39 Å². The van der Waals surface area contributed by atoms with Crippen molar-refractivity contribution < 1.29 is 9.50 Å². The van der Waals surface area contributed by atoms with Crippen molar-refractivity contribution in [2.75, 3.05) is 6.61 Å². The number of benzene rings is 1. The van der Waals surface area contributed by atoms with Crippen LogP contribution in [0.15, 0.2) is 18.2 Å². The number of halogens is 2. The molecule has 0 heterocycles. The van der Waals surface area contributed by atoms with E-state index in [1.807, 2.05) is 13.0 Å². The van der Waals surface area contributed by atoms with Crippen LogP contribution in [0.2, 0.25) is 5.02 Å². The lowest BCUT2D eigenvalue weighted by molar-refractivity contribution is 0.188. The Labute approximate surface area is 120 Å². The minimum atomic E-state index is -0.401. The maximum absolute atomic E-state index is 13.5. The van der Waals surface area contributed by atoms with Crippen LogP contribution in [0.5, 0.6) is 0 Å². The molecule has 19 heavy (non-hydrogen) atoms. The van der Waals surface area contributed by atoms with Gasteiger partial charge in [0.2, 0.25) is 0 Å². The Kier molecular flexibility index (Phi) is 5.78. The van der Waals surface area contributed by atoms with Crippen molar-refractivity contribution in [3.8, 4) is 0 Å². The van der Waals surface area contributed by atoms with E-state index in [0.29, 0.717) is 6.42 Å². The monoisotopic (exact) mass is 287 g/mol. The Hall–Kier alpha value is -0.640. The van der Waals surface area contributed by atoms with Gasteiger partial charge in [0.1, 0.15) is 5.82 Å². The molecule has 0 saturated heterocycles. The minimum Gasteiger partial charge on any atom is -0.396 e. The first-order chi connectivity index (χ1) is 8.75. The van der Waals surface area contributed by atoms with E-state index in [9.17, 15) is 4.39 Å². The first-order valence-corrected chi connectivity index (χ1v) is 6.95. The Morgan fingerprint density at radius 1 is 1.37 bits per heavy atom. The highest BCUT2D eigenvalue weighted by Crippen LogP contribution is 2.26. The molecule has 2 atom stereocenters. The molecule has 2 unspecified atom stereocenters. The number of rotatable bonds is 5. The molecule has 0 spiro atoms. The third-order valence-corrected chi connectivity index (χ3v) is 3.66. The zero-order valence-corrected chi connectivity index (χ0v) is 12.8. The largest absolute Gasteiger partial charge is 0.396 e. The van der Waals surface area contributed by atoms with E-state index in [1.165, 1.54) is 6.07 Å². The van der Waals surface area contributed by atoms with Gasteiger partial charge in [-0.15, -0.1) is 0 Å². The normalized spacial score (nSPS) is 15.3. The zero-order chi connectivity index (χ0) is 14.6. The van der Waals surface area contributed by atoms with Crippen LogP contribution in [0.25, 0.3) is 0 Å². The van der Waals surface area contributed by atoms with Gasteiger partial charge in [-0.1, -0.05) is 38.4 Å². The molecule has 4 heteroatoms. The summed E-state index contributed by atoms with van der Waals surface area (Å²) in [6.07, 6.45) is 0.671. The fourth-order valence-corrected chi connectivity index (χ4v) is 2.19. The van der Waals surface area contributed by atoms with Gasteiger partial charge in [-0.3, -0.25) is 0 Å². The van der Waals surface area contributed by atoms with Crippen molar-refractivity contribution in [3.63, 3.8) is 0 Å². The Morgan fingerprint density at radius 3 is 2.47 bits per heavy atom. The van der Waals surface area contributed by atoms with Gasteiger partial charge in [0.05, 0.1) is 5.02 Å². The van der Waals surface area contributed by atoms with Crippen molar-refractivity contribution in [1.29, 1.82) is 0 Å². The van der Waals surface area contributed by atoms with Gasteiger partial charge in [0.15, 0.2) is 0 Å². The number of hydrogen-bond acceptors (Lipinski definition) is 2. The first-order valence-electron chi connectivity index (χ1n) is 6.57. The molecule has 0 aromatic heterocycles. The predicted octanol–water partition coefficient (Wildman–Crippen LogP) is 3.93. The summed E-state index contributed by atoms with van der Waals surface area (Å²) in [7, 11) is 0. The van der Waals surface area contributed by atoms with E-state index in [4.69, 9.17) is 16.7 Å². The molecule has 1 rings (SSSR count). The van der Waals surface area contributed by atoms with Gasteiger partial charge in [-0.2, -0.15) is 0 Å². The predicted molar refractivity (Wildman–Crippen MR) is 77.9 cm³/mol. The van der Waals surface area contributed by atoms with Crippen molar-refractivity contribution >= 4 is 11.6 Å². The van der Waals surface area contributed by atoms with Crippen LogP contribution in [-0.4, -0.2) is 17.8 Å². The molecule has 0 aliphatic carbocycles. The quantitative estimate of drug-likeness (QED) is 0.860. The highest BCUT2D eigenvalue weighted by Gasteiger charge is 2.25. The van der Waals surface area contributed by atoms with Crippen LogP contribution in [0, 0.1) is 11.2 Å². The second kappa shape index (κ2) is 6.69. The summed E-state index contributed by atoms with van der Waals surface area (Å²) in [5, 5.41) is 12.7. The standard InChI is InChI=1S/C15H23ClFNO/c1-10(11-5-6-12(16)13(17)9-11)18-14(7-8-19)15(2,3)4/h5-6,9-10,14,18-19H,7-8H2,1-4H3. The molecule has 108 valence electrons. The van der Waals surface area contributed by atoms with E-state index in [-0.39, 0.29) is 29.1 Å². The van der Waals surface area contributed by atoms with Crippen LogP contribution in [0.4, 0.5) is 4.39 Å². The lowest BCUT2D eigenvalue weighted by Crippen LogP contribution is -2.42. The maximum atomic E-state index is 13.5. The summed E-state index contributed by atoms with van der Waals surface area (Å²) in [4.78, 5) is 0. The second-order valence-electron chi connectivity index (χ2n) is 5.99. The third-order valence-electron chi connectivity index (χ3n) is 3.36. The molecule has 1 aromatic rings. The van der Waals surface area contributed by atoms with E-state index in [1.54, 1.807) is 6.07 Å². The second-order valence-corrected chi connectivity index (χ2v) is 6.40. The van der Waals surface area contributed by atoms with Crippen LogP contribution < -0.4 is 5.32 Å². The van der Waals surface area contributed by atoms with Crippen molar-refractivity contribution in [2.45, 2.75) is 46.2 Å². The van der Waals surface area contributed by atoms with E-state index < -0.39 is 5.82 Å². The highest BCUT2D eigenvalue weighted by atomic mass is 35.5. The van der Waals surface area contributed by atoms with E-state index >= 15 is 0 Å². The molecule has 0 aliphatic rings. The molecule has 2 nitrogen and oxygen atoms in total. The summed E-state index contributed by atoms with van der Waals surface area (Å²) in [6.45, 7) is 8.48. The summed E-state index contributed by atoms with van der Waals surface area (Å²) in [6, 6.07) is 5.01. The van der Waals surface area contributed by atoms with Crippen LogP contribution in [-0.2, 0) is 0 Å². The van der Waals surface area contributed by atoms with Crippen LogP contribution >= 0.6 is 11.6 Å². The molecule has 0 bridgehead atoms. The molecule has 0 saturated carbocycles. The summed E-state index contributed by atoms with van der Waals surface area (Å²) < 4.78 is 13.5.